The van der Waals surface area contributed by atoms with Crippen molar-refractivity contribution in [2.24, 2.45) is 5.92 Å². The molecule has 0 unspecified atom stereocenters. The molecule has 1 fully saturated rings. The van der Waals surface area contributed by atoms with Crippen LogP contribution in [0, 0.1) is 17.6 Å². The highest BCUT2D eigenvalue weighted by atomic mass is 32.1. The number of methoxy groups -OCH3 is 1. The summed E-state index contributed by atoms with van der Waals surface area (Å²) in [7, 11) is 1.46. The molecule has 1 aromatic heterocycles. The van der Waals surface area contributed by atoms with Crippen molar-refractivity contribution in [2.75, 3.05) is 20.2 Å². The Balaban J connectivity index is 1.65. The number of carbonyl (C=O) groups is 1. The second kappa shape index (κ2) is 8.93. The van der Waals surface area contributed by atoms with Gasteiger partial charge >= 0.3 is 5.97 Å². The molecule has 0 aliphatic carbocycles. The largest absolute Gasteiger partial charge is 0.469 e. The van der Waals surface area contributed by atoms with Gasteiger partial charge in [-0.25, -0.2) is 4.68 Å². The third-order valence-electron chi connectivity index (χ3n) is 5.59. The van der Waals surface area contributed by atoms with Gasteiger partial charge in [-0.3, -0.25) is 14.3 Å². The Kier molecular flexibility index (Phi) is 6.11. The number of esters is 1. The van der Waals surface area contributed by atoms with Crippen LogP contribution in [0.2, 0.25) is 0 Å². The predicted molar refractivity (Wildman–Crippen MR) is 119 cm³/mol. The summed E-state index contributed by atoms with van der Waals surface area (Å²) in [4.78, 5) is 14.1. The van der Waals surface area contributed by atoms with Gasteiger partial charge in [-0.2, -0.15) is 0 Å². The van der Waals surface area contributed by atoms with Crippen molar-refractivity contribution in [1.82, 2.24) is 19.2 Å². The number of aromatic nitrogens is 3. The van der Waals surface area contributed by atoms with E-state index < -0.39 is 0 Å². The molecule has 1 saturated heterocycles. The number of piperidine rings is 1. The van der Waals surface area contributed by atoms with E-state index in [1.807, 2.05) is 33.5 Å². The zero-order chi connectivity index (χ0) is 21.1. The number of aryl methyl sites for hydroxylation is 1. The molecular weight excluding hydrogens is 396 g/mol. The van der Waals surface area contributed by atoms with Crippen LogP contribution >= 0.6 is 12.2 Å². The molecule has 4 rings (SSSR count). The van der Waals surface area contributed by atoms with E-state index in [9.17, 15) is 4.79 Å². The lowest BCUT2D eigenvalue weighted by Crippen LogP contribution is -2.38. The Bertz CT molecular complexity index is 1080. The lowest BCUT2D eigenvalue weighted by Gasteiger charge is -2.30. The molecule has 0 N–H and O–H groups in total. The zero-order valence-corrected chi connectivity index (χ0v) is 18.1. The minimum absolute atomic E-state index is 0.0102. The van der Waals surface area contributed by atoms with Crippen molar-refractivity contribution in [2.45, 2.75) is 26.4 Å². The summed E-state index contributed by atoms with van der Waals surface area (Å²) >= 11 is 5.85. The first-order chi connectivity index (χ1) is 14.6. The van der Waals surface area contributed by atoms with Crippen LogP contribution in [0.5, 0.6) is 0 Å². The Labute approximate surface area is 181 Å². The maximum Gasteiger partial charge on any atom is 0.308 e. The van der Waals surface area contributed by atoms with Gasteiger partial charge in [0.1, 0.15) is 0 Å². The van der Waals surface area contributed by atoms with Gasteiger partial charge < -0.3 is 4.74 Å². The molecule has 6 nitrogen and oxygen atoms in total. The molecule has 3 aromatic rings. The first-order valence-corrected chi connectivity index (χ1v) is 10.6. The fourth-order valence-electron chi connectivity index (χ4n) is 3.94. The van der Waals surface area contributed by atoms with Crippen LogP contribution in [0.15, 0.2) is 54.6 Å². The van der Waals surface area contributed by atoms with Gasteiger partial charge in [0.2, 0.25) is 4.77 Å². The highest BCUT2D eigenvalue weighted by molar-refractivity contribution is 7.71. The van der Waals surface area contributed by atoms with E-state index in [0.29, 0.717) is 11.4 Å². The van der Waals surface area contributed by atoms with Gasteiger partial charge in [-0.05, 0) is 49.7 Å². The summed E-state index contributed by atoms with van der Waals surface area (Å²) in [5, 5.41) is 4.89. The first-order valence-electron chi connectivity index (χ1n) is 10.2. The minimum Gasteiger partial charge on any atom is -0.469 e. The zero-order valence-electron chi connectivity index (χ0n) is 17.3. The second-order valence-corrected chi connectivity index (χ2v) is 8.07. The van der Waals surface area contributed by atoms with Crippen LogP contribution in [0.4, 0.5) is 0 Å². The van der Waals surface area contributed by atoms with E-state index >= 15 is 0 Å². The van der Waals surface area contributed by atoms with E-state index in [1.54, 1.807) is 0 Å². The smallest absolute Gasteiger partial charge is 0.308 e. The van der Waals surface area contributed by atoms with E-state index in [-0.39, 0.29) is 11.9 Å². The van der Waals surface area contributed by atoms with Crippen LogP contribution in [-0.4, -0.2) is 45.4 Å². The fourth-order valence-corrected chi connectivity index (χ4v) is 4.23. The van der Waals surface area contributed by atoms with Gasteiger partial charge in [-0.15, -0.1) is 5.10 Å². The summed E-state index contributed by atoms with van der Waals surface area (Å²) in [5.41, 5.74) is 3.20. The Hall–Kier alpha value is -2.77. The van der Waals surface area contributed by atoms with E-state index in [1.165, 1.54) is 12.7 Å². The Morgan fingerprint density at radius 2 is 1.87 bits per heavy atom. The van der Waals surface area contributed by atoms with Gasteiger partial charge in [0.05, 0.1) is 25.4 Å². The van der Waals surface area contributed by atoms with Gasteiger partial charge in [-0.1, -0.05) is 42.5 Å². The SMILES string of the molecule is COC(=O)C1CCN(Cn2nc(-c3ccccc3)n(-c3cccc(C)c3)c2=S)CC1. The first kappa shape index (κ1) is 20.5. The summed E-state index contributed by atoms with van der Waals surface area (Å²) in [5.74, 6) is 0.709. The van der Waals surface area contributed by atoms with Gasteiger partial charge in [0.15, 0.2) is 5.82 Å². The molecule has 0 radical (unpaired) electrons. The second-order valence-electron chi connectivity index (χ2n) is 7.70. The third kappa shape index (κ3) is 4.22. The number of rotatable bonds is 5. The highest BCUT2D eigenvalue weighted by Gasteiger charge is 2.26. The molecule has 0 atom stereocenters. The summed E-state index contributed by atoms with van der Waals surface area (Å²) in [6.45, 7) is 4.32. The van der Waals surface area contributed by atoms with Crippen LogP contribution in [0.3, 0.4) is 0 Å². The van der Waals surface area contributed by atoms with Crippen molar-refractivity contribution < 1.29 is 9.53 Å². The van der Waals surface area contributed by atoms with Crippen molar-refractivity contribution in [1.29, 1.82) is 0 Å². The number of hydrogen-bond acceptors (Lipinski definition) is 5. The van der Waals surface area contributed by atoms with Gasteiger partial charge in [0, 0.05) is 18.7 Å². The Morgan fingerprint density at radius 1 is 1.13 bits per heavy atom. The molecule has 0 amide bonds. The number of nitrogens with zero attached hydrogens (tertiary/aromatic N) is 4. The average molecular weight is 423 g/mol. The number of hydrogen-bond donors (Lipinski definition) is 0. The summed E-state index contributed by atoms with van der Waals surface area (Å²) in [6.07, 6.45) is 1.59. The summed E-state index contributed by atoms with van der Waals surface area (Å²) < 4.78 is 9.48. The maximum atomic E-state index is 11.8. The van der Waals surface area contributed by atoms with Crippen molar-refractivity contribution in [3.05, 3.63) is 64.9 Å². The molecule has 7 heteroatoms. The van der Waals surface area contributed by atoms with Crippen LogP contribution < -0.4 is 0 Å². The van der Waals surface area contributed by atoms with Crippen molar-refractivity contribution in [3.63, 3.8) is 0 Å². The normalized spacial score (nSPS) is 15.3. The monoisotopic (exact) mass is 422 g/mol. The highest BCUT2D eigenvalue weighted by Crippen LogP contribution is 2.24. The van der Waals surface area contributed by atoms with Crippen LogP contribution in [0.25, 0.3) is 17.1 Å². The molecule has 0 spiro atoms. The minimum atomic E-state index is -0.110. The molecule has 2 heterocycles. The topological polar surface area (TPSA) is 52.3 Å². The maximum absolute atomic E-state index is 11.8. The van der Waals surface area contributed by atoms with Crippen LogP contribution in [0.1, 0.15) is 18.4 Å². The molecule has 30 heavy (non-hydrogen) atoms. The fraction of sp³-hybridized carbons (Fsp3) is 0.348. The molecule has 0 saturated carbocycles. The number of likely N-dealkylation sites (tertiary alicyclic amines) is 1. The lowest BCUT2D eigenvalue weighted by atomic mass is 9.97. The summed E-state index contributed by atoms with van der Waals surface area (Å²) in [6, 6.07) is 18.4. The van der Waals surface area contributed by atoms with Crippen molar-refractivity contribution in [3.8, 4) is 17.1 Å². The van der Waals surface area contributed by atoms with E-state index in [2.05, 4.69) is 42.2 Å². The lowest BCUT2D eigenvalue weighted by molar-refractivity contribution is -0.147. The Morgan fingerprint density at radius 3 is 2.53 bits per heavy atom. The van der Waals surface area contributed by atoms with Gasteiger partial charge in [0.25, 0.3) is 0 Å². The van der Waals surface area contributed by atoms with E-state index in [4.69, 9.17) is 22.1 Å². The number of ether oxygens (including phenoxy) is 1. The molecule has 1 aliphatic heterocycles. The number of benzene rings is 2. The molecule has 1 aliphatic rings. The van der Waals surface area contributed by atoms with E-state index in [0.717, 1.165) is 43.0 Å². The predicted octanol–water partition coefficient (Wildman–Crippen LogP) is 4.22. The number of carbonyl (C=O) groups excluding carboxylic acids is 1. The molecule has 156 valence electrons. The molecule has 0 bridgehead atoms. The third-order valence-corrected chi connectivity index (χ3v) is 5.98. The van der Waals surface area contributed by atoms with Crippen molar-refractivity contribution >= 4 is 18.2 Å². The van der Waals surface area contributed by atoms with Crippen LogP contribution in [-0.2, 0) is 16.2 Å². The average Bonchev–Trinajstić information content (AvgIpc) is 3.10. The molecular formula is C23H26N4O2S. The molecule has 2 aromatic carbocycles. The standard InChI is InChI=1S/C23H26N4O2S/c1-17-7-6-10-20(15-17)27-21(18-8-4-3-5-9-18)24-26(23(27)30)16-25-13-11-19(12-14-25)22(28)29-2/h3-10,15,19H,11-14,16H2,1-2H3. The quantitative estimate of drug-likeness (QED) is 0.455.